The molecule has 1 aliphatic rings. The molecule has 4 nitrogen and oxygen atoms in total. The van der Waals surface area contributed by atoms with Gasteiger partial charge in [0.2, 0.25) is 0 Å². The molecular weight excluding hydrogens is 312 g/mol. The molecule has 0 amide bonds. The summed E-state index contributed by atoms with van der Waals surface area (Å²) in [6.07, 6.45) is 0.121. The lowest BCUT2D eigenvalue weighted by Gasteiger charge is -2.37. The average Bonchev–Trinajstić information content (AvgIpc) is 2.67. The molecule has 1 aliphatic heterocycles. The van der Waals surface area contributed by atoms with Crippen molar-refractivity contribution in [1.29, 1.82) is 0 Å². The van der Waals surface area contributed by atoms with Gasteiger partial charge >= 0.3 is 0 Å². The zero-order valence-corrected chi connectivity index (χ0v) is 14.8. The van der Waals surface area contributed by atoms with E-state index < -0.39 is 0 Å². The normalized spacial score (nSPS) is 21.0. The Kier molecular flexibility index (Phi) is 6.59. The molecule has 0 aromatic heterocycles. The largest absolute Gasteiger partial charge is 0.394 e. The first-order valence-electron chi connectivity index (χ1n) is 9.06. The lowest BCUT2D eigenvalue weighted by atomic mass is 10.0. The maximum Gasteiger partial charge on any atom is 0.0852 e. The summed E-state index contributed by atoms with van der Waals surface area (Å²) in [6.45, 7) is 5.78. The van der Waals surface area contributed by atoms with Gasteiger partial charge < -0.3 is 15.2 Å². The van der Waals surface area contributed by atoms with Gasteiger partial charge in [-0.3, -0.25) is 4.90 Å². The average molecular weight is 340 g/mol. The highest BCUT2D eigenvalue weighted by Crippen LogP contribution is 2.17. The molecule has 3 unspecified atom stereocenters. The molecule has 0 aliphatic carbocycles. The highest BCUT2D eigenvalue weighted by molar-refractivity contribution is 5.19. The number of aliphatic hydroxyl groups is 1. The molecule has 0 bridgehead atoms. The Balaban J connectivity index is 1.57. The summed E-state index contributed by atoms with van der Waals surface area (Å²) in [7, 11) is 0. The van der Waals surface area contributed by atoms with Crippen molar-refractivity contribution in [2.75, 3.05) is 26.3 Å². The van der Waals surface area contributed by atoms with Crippen molar-refractivity contribution in [2.45, 2.75) is 31.7 Å². The second-order valence-electron chi connectivity index (χ2n) is 6.73. The first-order valence-corrected chi connectivity index (χ1v) is 9.06. The fourth-order valence-electron chi connectivity index (χ4n) is 3.38. The zero-order valence-electron chi connectivity index (χ0n) is 14.8. The van der Waals surface area contributed by atoms with Crippen LogP contribution in [-0.4, -0.2) is 48.5 Å². The van der Waals surface area contributed by atoms with Gasteiger partial charge in [0.05, 0.1) is 25.4 Å². The summed E-state index contributed by atoms with van der Waals surface area (Å²) in [5, 5.41) is 13.3. The van der Waals surface area contributed by atoms with Crippen molar-refractivity contribution < 1.29 is 9.84 Å². The Hall–Kier alpha value is -1.72. The number of ether oxygens (including phenoxy) is 1. The van der Waals surface area contributed by atoms with Gasteiger partial charge in [-0.1, -0.05) is 60.7 Å². The van der Waals surface area contributed by atoms with E-state index in [4.69, 9.17) is 4.74 Å². The number of hydrogen-bond donors (Lipinski definition) is 2. The number of aliphatic hydroxyl groups excluding tert-OH is 1. The highest BCUT2D eigenvalue weighted by Gasteiger charge is 2.27. The van der Waals surface area contributed by atoms with Crippen LogP contribution in [0.25, 0.3) is 0 Å². The van der Waals surface area contributed by atoms with Crippen LogP contribution in [0.5, 0.6) is 0 Å². The second kappa shape index (κ2) is 9.11. The molecule has 0 radical (unpaired) electrons. The van der Waals surface area contributed by atoms with E-state index in [1.807, 2.05) is 30.3 Å². The van der Waals surface area contributed by atoms with Crippen molar-refractivity contribution in [1.82, 2.24) is 10.2 Å². The molecule has 2 aromatic rings. The van der Waals surface area contributed by atoms with E-state index >= 15 is 0 Å². The van der Waals surface area contributed by atoms with Crippen LogP contribution >= 0.6 is 0 Å². The summed E-state index contributed by atoms with van der Waals surface area (Å²) in [5.74, 6) is 0. The first kappa shape index (κ1) is 18.1. The smallest absolute Gasteiger partial charge is 0.0852 e. The van der Waals surface area contributed by atoms with E-state index in [1.165, 1.54) is 5.56 Å². The fraction of sp³-hybridized carbons (Fsp3) is 0.429. The number of hydrogen-bond acceptors (Lipinski definition) is 4. The molecule has 134 valence electrons. The maximum absolute atomic E-state index is 9.76. The maximum atomic E-state index is 9.76. The van der Waals surface area contributed by atoms with Crippen LogP contribution in [0.4, 0.5) is 0 Å². The Morgan fingerprint density at radius 1 is 1.12 bits per heavy atom. The van der Waals surface area contributed by atoms with Crippen LogP contribution in [0.1, 0.15) is 24.1 Å². The Labute approximate surface area is 150 Å². The van der Waals surface area contributed by atoms with Crippen LogP contribution in [-0.2, 0) is 11.3 Å². The lowest BCUT2D eigenvalue weighted by Crippen LogP contribution is -2.51. The fourth-order valence-corrected chi connectivity index (χ4v) is 3.38. The second-order valence-corrected chi connectivity index (χ2v) is 6.73. The molecule has 25 heavy (non-hydrogen) atoms. The van der Waals surface area contributed by atoms with Gasteiger partial charge in [0.1, 0.15) is 0 Å². The van der Waals surface area contributed by atoms with Crippen LogP contribution in [0, 0.1) is 0 Å². The van der Waals surface area contributed by atoms with E-state index in [9.17, 15) is 5.11 Å². The molecular formula is C21H28N2O2. The van der Waals surface area contributed by atoms with Crippen LogP contribution in [0.15, 0.2) is 60.7 Å². The molecule has 0 saturated carbocycles. The van der Waals surface area contributed by atoms with Gasteiger partial charge in [0, 0.05) is 25.7 Å². The summed E-state index contributed by atoms with van der Waals surface area (Å²) in [5.41, 5.74) is 2.44. The standard InChI is InChI=1S/C21H28N2O2/c1-17(22-20(16-24)19-10-6-3-7-11-19)21-15-23(12-13-25-21)14-18-8-4-2-5-9-18/h2-11,17,20-22,24H,12-16H2,1H3. The summed E-state index contributed by atoms with van der Waals surface area (Å²) in [6, 6.07) is 20.8. The summed E-state index contributed by atoms with van der Waals surface area (Å²) in [4.78, 5) is 2.44. The van der Waals surface area contributed by atoms with Crippen molar-refractivity contribution in [3.8, 4) is 0 Å². The van der Waals surface area contributed by atoms with Crippen molar-refractivity contribution in [2.24, 2.45) is 0 Å². The number of benzene rings is 2. The minimum absolute atomic E-state index is 0.0655. The van der Waals surface area contributed by atoms with Crippen LogP contribution in [0.2, 0.25) is 0 Å². The molecule has 1 fully saturated rings. The van der Waals surface area contributed by atoms with Crippen molar-refractivity contribution in [3.63, 3.8) is 0 Å². The summed E-state index contributed by atoms with van der Waals surface area (Å²) >= 11 is 0. The molecule has 4 heteroatoms. The molecule has 3 atom stereocenters. The monoisotopic (exact) mass is 340 g/mol. The zero-order chi connectivity index (χ0) is 17.5. The molecule has 3 rings (SSSR count). The van der Waals surface area contributed by atoms with Crippen LogP contribution in [0.3, 0.4) is 0 Å². The topological polar surface area (TPSA) is 44.7 Å². The Morgan fingerprint density at radius 2 is 1.80 bits per heavy atom. The predicted octanol–water partition coefficient (Wildman–Crippen LogP) is 2.60. The van der Waals surface area contributed by atoms with Crippen LogP contribution < -0.4 is 5.32 Å². The molecule has 1 heterocycles. The highest BCUT2D eigenvalue weighted by atomic mass is 16.5. The SMILES string of the molecule is CC(NC(CO)c1ccccc1)C1CN(Cc2ccccc2)CCO1. The van der Waals surface area contributed by atoms with E-state index in [-0.39, 0.29) is 24.8 Å². The minimum atomic E-state index is -0.0655. The Morgan fingerprint density at radius 3 is 2.48 bits per heavy atom. The minimum Gasteiger partial charge on any atom is -0.394 e. The molecule has 0 spiro atoms. The number of nitrogens with one attached hydrogen (secondary N) is 1. The Bertz CT molecular complexity index is 620. The third kappa shape index (κ3) is 5.13. The summed E-state index contributed by atoms with van der Waals surface area (Å²) < 4.78 is 6.00. The van der Waals surface area contributed by atoms with E-state index in [1.54, 1.807) is 0 Å². The van der Waals surface area contributed by atoms with E-state index in [2.05, 4.69) is 47.5 Å². The first-order chi connectivity index (χ1) is 12.3. The third-order valence-corrected chi connectivity index (χ3v) is 4.83. The number of rotatable bonds is 7. The predicted molar refractivity (Wildman–Crippen MR) is 100 cm³/mol. The van der Waals surface area contributed by atoms with Crippen molar-refractivity contribution >= 4 is 0 Å². The van der Waals surface area contributed by atoms with Gasteiger partial charge in [-0.2, -0.15) is 0 Å². The van der Waals surface area contributed by atoms with E-state index in [0.29, 0.717) is 0 Å². The molecule has 2 aromatic carbocycles. The quantitative estimate of drug-likeness (QED) is 0.813. The van der Waals surface area contributed by atoms with Gasteiger partial charge in [-0.05, 0) is 18.1 Å². The van der Waals surface area contributed by atoms with Gasteiger partial charge in [0.15, 0.2) is 0 Å². The van der Waals surface area contributed by atoms with E-state index in [0.717, 1.165) is 31.8 Å². The van der Waals surface area contributed by atoms with Crippen molar-refractivity contribution in [3.05, 3.63) is 71.8 Å². The number of morpholine rings is 1. The van der Waals surface area contributed by atoms with Gasteiger partial charge in [-0.15, -0.1) is 0 Å². The molecule has 1 saturated heterocycles. The number of nitrogens with zero attached hydrogens (tertiary/aromatic N) is 1. The van der Waals surface area contributed by atoms with Gasteiger partial charge in [-0.25, -0.2) is 0 Å². The molecule has 2 N–H and O–H groups in total. The lowest BCUT2D eigenvalue weighted by molar-refractivity contribution is -0.0486. The third-order valence-electron chi connectivity index (χ3n) is 4.83. The van der Waals surface area contributed by atoms with Gasteiger partial charge in [0.25, 0.3) is 0 Å².